The minimum absolute atomic E-state index is 0.0989. The van der Waals surface area contributed by atoms with Gasteiger partial charge >= 0.3 is 0 Å². The summed E-state index contributed by atoms with van der Waals surface area (Å²) in [5, 5.41) is 2.54. The Balaban J connectivity index is 2.27. The van der Waals surface area contributed by atoms with Gasteiger partial charge in [0.05, 0.1) is 30.7 Å². The van der Waals surface area contributed by atoms with Crippen molar-refractivity contribution in [3.05, 3.63) is 24.0 Å². The lowest BCUT2D eigenvalue weighted by atomic mass is 10.2. The molecule has 6 heteroatoms. The summed E-state index contributed by atoms with van der Waals surface area (Å²) < 4.78 is 23.2. The maximum absolute atomic E-state index is 12.8. The second-order valence-electron chi connectivity index (χ2n) is 4.25. The molecule has 0 unspecified atom stereocenters. The Kier molecular flexibility index (Phi) is 6.24. The topological polar surface area (TPSA) is 73.6 Å². The van der Waals surface area contributed by atoms with Crippen LogP contribution in [0, 0.1) is 5.82 Å². The van der Waals surface area contributed by atoms with Crippen LogP contribution in [0.5, 0.6) is 0 Å². The SMILES string of the molecule is CC(C)OCCOCC(=O)Nc1ccc(F)cc1N. The molecule has 0 saturated carbocycles. The van der Waals surface area contributed by atoms with Gasteiger partial charge in [0.2, 0.25) is 5.91 Å². The molecular weight excluding hydrogens is 251 g/mol. The van der Waals surface area contributed by atoms with Crippen molar-refractivity contribution in [2.75, 3.05) is 30.9 Å². The summed E-state index contributed by atoms with van der Waals surface area (Å²) >= 11 is 0. The van der Waals surface area contributed by atoms with E-state index in [4.69, 9.17) is 15.2 Å². The van der Waals surface area contributed by atoms with E-state index in [1.54, 1.807) is 0 Å². The molecule has 1 aromatic carbocycles. The largest absolute Gasteiger partial charge is 0.397 e. The summed E-state index contributed by atoms with van der Waals surface area (Å²) in [6, 6.07) is 3.78. The van der Waals surface area contributed by atoms with Gasteiger partial charge in [0.15, 0.2) is 0 Å². The third-order valence-electron chi connectivity index (χ3n) is 2.20. The molecule has 5 nitrogen and oxygen atoms in total. The van der Waals surface area contributed by atoms with Crippen LogP contribution in [0.2, 0.25) is 0 Å². The van der Waals surface area contributed by atoms with Gasteiger partial charge in [0, 0.05) is 0 Å². The molecule has 0 aliphatic rings. The van der Waals surface area contributed by atoms with Crippen LogP contribution in [0.15, 0.2) is 18.2 Å². The number of nitrogen functional groups attached to an aromatic ring is 1. The molecule has 0 spiro atoms. The first-order valence-corrected chi connectivity index (χ1v) is 6.03. The van der Waals surface area contributed by atoms with Crippen molar-refractivity contribution in [2.24, 2.45) is 0 Å². The van der Waals surface area contributed by atoms with Crippen molar-refractivity contribution in [2.45, 2.75) is 20.0 Å². The predicted molar refractivity (Wildman–Crippen MR) is 71.3 cm³/mol. The molecule has 3 N–H and O–H groups in total. The normalized spacial score (nSPS) is 10.7. The maximum Gasteiger partial charge on any atom is 0.250 e. The van der Waals surface area contributed by atoms with Crippen molar-refractivity contribution >= 4 is 17.3 Å². The lowest BCUT2D eigenvalue weighted by Gasteiger charge is -2.10. The molecule has 1 rings (SSSR count). The maximum atomic E-state index is 12.8. The molecule has 1 amide bonds. The molecule has 19 heavy (non-hydrogen) atoms. The quantitative estimate of drug-likeness (QED) is 0.585. The number of nitrogens with two attached hydrogens (primary N) is 1. The van der Waals surface area contributed by atoms with E-state index in [1.807, 2.05) is 13.8 Å². The second kappa shape index (κ2) is 7.70. The van der Waals surface area contributed by atoms with Crippen LogP contribution < -0.4 is 11.1 Å². The first-order chi connectivity index (χ1) is 8.99. The molecular formula is C13H19FN2O3. The van der Waals surface area contributed by atoms with E-state index in [-0.39, 0.29) is 24.3 Å². The van der Waals surface area contributed by atoms with Crippen LogP contribution >= 0.6 is 0 Å². The average Bonchev–Trinajstić information content (AvgIpc) is 2.32. The van der Waals surface area contributed by atoms with E-state index in [2.05, 4.69) is 5.32 Å². The van der Waals surface area contributed by atoms with E-state index in [9.17, 15) is 9.18 Å². The van der Waals surface area contributed by atoms with Crippen LogP contribution in [-0.4, -0.2) is 31.8 Å². The van der Waals surface area contributed by atoms with Crippen LogP contribution in [0.3, 0.4) is 0 Å². The summed E-state index contributed by atoms with van der Waals surface area (Å²) in [7, 11) is 0. The highest BCUT2D eigenvalue weighted by Crippen LogP contribution is 2.18. The Bertz CT molecular complexity index is 424. The highest BCUT2D eigenvalue weighted by Gasteiger charge is 2.06. The van der Waals surface area contributed by atoms with Crippen LogP contribution in [0.1, 0.15) is 13.8 Å². The standard InChI is InChI=1S/C13H19FN2O3/c1-9(2)19-6-5-18-8-13(17)16-12-4-3-10(14)7-11(12)15/h3-4,7,9H,5-6,8,15H2,1-2H3,(H,16,17). The Morgan fingerprint density at radius 3 is 2.79 bits per heavy atom. The molecule has 0 atom stereocenters. The summed E-state index contributed by atoms with van der Waals surface area (Å²) in [4.78, 5) is 11.5. The van der Waals surface area contributed by atoms with Crippen molar-refractivity contribution in [3.63, 3.8) is 0 Å². The Hall–Kier alpha value is -1.66. The van der Waals surface area contributed by atoms with Gasteiger partial charge in [0.25, 0.3) is 0 Å². The summed E-state index contributed by atoms with van der Waals surface area (Å²) in [6.07, 6.45) is 0.136. The number of benzene rings is 1. The lowest BCUT2D eigenvalue weighted by Crippen LogP contribution is -2.21. The Labute approximate surface area is 111 Å². The molecule has 0 fully saturated rings. The van der Waals surface area contributed by atoms with E-state index in [1.165, 1.54) is 12.1 Å². The van der Waals surface area contributed by atoms with Crippen molar-refractivity contribution in [1.82, 2.24) is 0 Å². The van der Waals surface area contributed by atoms with Gasteiger partial charge in [-0.1, -0.05) is 0 Å². The van der Waals surface area contributed by atoms with Crippen LogP contribution in [0.4, 0.5) is 15.8 Å². The average molecular weight is 270 g/mol. The number of carbonyl (C=O) groups is 1. The van der Waals surface area contributed by atoms with E-state index >= 15 is 0 Å². The van der Waals surface area contributed by atoms with Gasteiger partial charge < -0.3 is 20.5 Å². The second-order valence-corrected chi connectivity index (χ2v) is 4.25. The first-order valence-electron chi connectivity index (χ1n) is 6.03. The number of ether oxygens (including phenoxy) is 2. The summed E-state index contributed by atoms with van der Waals surface area (Å²) in [6.45, 7) is 4.51. The molecule has 0 heterocycles. The zero-order chi connectivity index (χ0) is 14.3. The number of hydrogen-bond acceptors (Lipinski definition) is 4. The number of anilines is 2. The minimum Gasteiger partial charge on any atom is -0.397 e. The summed E-state index contributed by atoms with van der Waals surface area (Å²) in [5.74, 6) is -0.791. The van der Waals surface area contributed by atoms with Gasteiger partial charge in [-0.2, -0.15) is 0 Å². The zero-order valence-corrected chi connectivity index (χ0v) is 11.1. The number of halogens is 1. The molecule has 0 bridgehead atoms. The van der Waals surface area contributed by atoms with Gasteiger partial charge in [-0.25, -0.2) is 4.39 Å². The van der Waals surface area contributed by atoms with Crippen molar-refractivity contribution in [1.29, 1.82) is 0 Å². The van der Waals surface area contributed by atoms with Gasteiger partial charge in [-0.05, 0) is 32.0 Å². The monoisotopic (exact) mass is 270 g/mol. The van der Waals surface area contributed by atoms with Gasteiger partial charge in [0.1, 0.15) is 12.4 Å². The van der Waals surface area contributed by atoms with Gasteiger partial charge in [-0.15, -0.1) is 0 Å². The first kappa shape index (κ1) is 15.4. The molecule has 0 aliphatic carbocycles. The molecule has 0 saturated heterocycles. The molecule has 0 aromatic heterocycles. The van der Waals surface area contributed by atoms with E-state index in [0.29, 0.717) is 18.9 Å². The number of hydrogen-bond donors (Lipinski definition) is 2. The van der Waals surface area contributed by atoms with Crippen molar-refractivity contribution < 1.29 is 18.7 Å². The zero-order valence-electron chi connectivity index (χ0n) is 11.1. The number of carbonyl (C=O) groups excluding carboxylic acids is 1. The lowest BCUT2D eigenvalue weighted by molar-refractivity contribution is -0.121. The van der Waals surface area contributed by atoms with E-state index < -0.39 is 5.82 Å². The molecule has 106 valence electrons. The van der Waals surface area contributed by atoms with E-state index in [0.717, 1.165) is 6.07 Å². The fourth-order valence-corrected chi connectivity index (χ4v) is 1.34. The van der Waals surface area contributed by atoms with Gasteiger partial charge in [-0.3, -0.25) is 4.79 Å². The number of rotatable bonds is 7. The van der Waals surface area contributed by atoms with Crippen molar-refractivity contribution in [3.8, 4) is 0 Å². The number of nitrogens with one attached hydrogen (secondary N) is 1. The minimum atomic E-state index is -0.447. The van der Waals surface area contributed by atoms with Crippen LogP contribution in [0.25, 0.3) is 0 Å². The third kappa shape index (κ3) is 6.17. The molecule has 1 aromatic rings. The van der Waals surface area contributed by atoms with Crippen LogP contribution in [-0.2, 0) is 14.3 Å². The molecule has 0 aliphatic heterocycles. The highest BCUT2D eigenvalue weighted by atomic mass is 19.1. The fourth-order valence-electron chi connectivity index (χ4n) is 1.34. The summed E-state index contributed by atoms with van der Waals surface area (Å²) in [5.41, 5.74) is 6.11. The Morgan fingerprint density at radius 2 is 2.16 bits per heavy atom. The predicted octanol–water partition coefficient (Wildman–Crippen LogP) is 1.79. The molecule has 0 radical (unpaired) electrons. The fraction of sp³-hybridized carbons (Fsp3) is 0.462. The Morgan fingerprint density at radius 1 is 1.42 bits per heavy atom. The third-order valence-corrected chi connectivity index (χ3v) is 2.20. The smallest absolute Gasteiger partial charge is 0.250 e. The number of amides is 1. The highest BCUT2D eigenvalue weighted by molar-refractivity contribution is 5.94.